The minimum absolute atomic E-state index is 0.450. The molecule has 1 aliphatic heterocycles. The van der Waals surface area contributed by atoms with E-state index in [1.165, 1.54) is 11.1 Å². The second-order valence-electron chi connectivity index (χ2n) is 5.90. The van der Waals surface area contributed by atoms with Crippen LogP contribution in [0.3, 0.4) is 0 Å². The Balaban J connectivity index is 1.81. The van der Waals surface area contributed by atoms with Gasteiger partial charge in [0.15, 0.2) is 0 Å². The van der Waals surface area contributed by atoms with E-state index in [9.17, 15) is 0 Å². The average molecular weight is 281 g/mol. The van der Waals surface area contributed by atoms with Crippen molar-refractivity contribution >= 4 is 5.69 Å². The van der Waals surface area contributed by atoms with E-state index in [-0.39, 0.29) is 0 Å². The molecule has 1 fully saturated rings. The Hall–Kier alpha value is -1.84. The van der Waals surface area contributed by atoms with Gasteiger partial charge in [-0.3, -0.25) is 4.90 Å². The summed E-state index contributed by atoms with van der Waals surface area (Å²) in [7, 11) is 2.20. The van der Waals surface area contributed by atoms with Crippen LogP contribution in [-0.4, -0.2) is 36.5 Å². The summed E-state index contributed by atoms with van der Waals surface area (Å²) in [5.74, 6) is 0. The van der Waals surface area contributed by atoms with E-state index in [1.54, 1.807) is 0 Å². The third-order valence-corrected chi connectivity index (χ3v) is 4.22. The maximum Gasteiger partial charge on any atom is 0.0479 e. The van der Waals surface area contributed by atoms with Crippen LogP contribution in [0.5, 0.6) is 0 Å². The first-order chi connectivity index (χ1) is 10.2. The zero-order valence-corrected chi connectivity index (χ0v) is 12.6. The molecule has 1 atom stereocenters. The van der Waals surface area contributed by atoms with Gasteiger partial charge in [-0.2, -0.15) is 0 Å². The number of hydrogen-bond donors (Lipinski definition) is 1. The Labute approximate surface area is 127 Å². The quantitative estimate of drug-likeness (QED) is 0.878. The Bertz CT molecular complexity index is 582. The van der Waals surface area contributed by atoms with E-state index in [0.717, 1.165) is 31.9 Å². The predicted octanol–water partition coefficient (Wildman–Crippen LogP) is 2.76. The third kappa shape index (κ3) is 3.43. The molecule has 2 aromatic carbocycles. The Morgan fingerprint density at radius 2 is 1.86 bits per heavy atom. The molecule has 0 radical (unpaired) electrons. The van der Waals surface area contributed by atoms with Crippen LogP contribution in [0.25, 0.3) is 0 Å². The van der Waals surface area contributed by atoms with Crippen LogP contribution in [0.1, 0.15) is 17.2 Å². The maximum atomic E-state index is 5.90. The molecule has 2 aromatic rings. The topological polar surface area (TPSA) is 32.5 Å². The normalized spacial score (nSPS) is 20.5. The van der Waals surface area contributed by atoms with E-state index in [4.69, 9.17) is 5.73 Å². The summed E-state index contributed by atoms with van der Waals surface area (Å²) in [6.45, 7) is 4.24. The summed E-state index contributed by atoms with van der Waals surface area (Å²) in [5, 5.41) is 0. The summed E-state index contributed by atoms with van der Waals surface area (Å²) >= 11 is 0. The molecule has 0 aliphatic carbocycles. The highest BCUT2D eigenvalue weighted by Gasteiger charge is 2.26. The minimum atomic E-state index is 0.450. The van der Waals surface area contributed by atoms with Crippen molar-refractivity contribution in [3.8, 4) is 0 Å². The molecule has 0 aromatic heterocycles. The number of nitrogens with zero attached hydrogens (tertiary/aromatic N) is 2. The smallest absolute Gasteiger partial charge is 0.0479 e. The van der Waals surface area contributed by atoms with Crippen molar-refractivity contribution < 1.29 is 0 Å². The van der Waals surface area contributed by atoms with Gasteiger partial charge in [0.25, 0.3) is 0 Å². The number of piperazine rings is 1. The zero-order valence-electron chi connectivity index (χ0n) is 12.6. The number of rotatable bonds is 3. The Kier molecular flexibility index (Phi) is 4.23. The fourth-order valence-electron chi connectivity index (χ4n) is 3.06. The molecular weight excluding hydrogens is 258 g/mol. The van der Waals surface area contributed by atoms with Crippen molar-refractivity contribution in [1.29, 1.82) is 0 Å². The number of likely N-dealkylation sites (N-methyl/N-ethyl adjacent to an activating group) is 1. The van der Waals surface area contributed by atoms with E-state index in [0.29, 0.717) is 6.04 Å². The third-order valence-electron chi connectivity index (χ3n) is 4.22. The van der Waals surface area contributed by atoms with Gasteiger partial charge in [-0.25, -0.2) is 0 Å². The number of hydrogen-bond acceptors (Lipinski definition) is 3. The van der Waals surface area contributed by atoms with Crippen LogP contribution in [-0.2, 0) is 6.54 Å². The van der Waals surface area contributed by atoms with Crippen molar-refractivity contribution in [3.05, 3.63) is 65.7 Å². The van der Waals surface area contributed by atoms with Crippen LogP contribution >= 0.6 is 0 Å². The molecule has 0 spiro atoms. The SMILES string of the molecule is CN1CCN(Cc2cccc(N)c2)C(c2ccccc2)C1. The molecule has 2 N–H and O–H groups in total. The van der Waals surface area contributed by atoms with Crippen molar-refractivity contribution in [2.75, 3.05) is 32.4 Å². The Morgan fingerprint density at radius 1 is 1.05 bits per heavy atom. The standard InChI is InChI=1S/C18H23N3/c1-20-10-11-21(13-15-6-5-9-17(19)12-15)18(14-20)16-7-3-2-4-8-16/h2-9,12,18H,10-11,13-14,19H2,1H3. The molecule has 110 valence electrons. The number of anilines is 1. The van der Waals surface area contributed by atoms with Crippen LogP contribution < -0.4 is 5.73 Å². The minimum Gasteiger partial charge on any atom is -0.399 e. The highest BCUT2D eigenvalue weighted by atomic mass is 15.3. The van der Waals surface area contributed by atoms with E-state index in [2.05, 4.69) is 59.3 Å². The number of nitrogen functional groups attached to an aromatic ring is 1. The van der Waals surface area contributed by atoms with Gasteiger partial charge < -0.3 is 10.6 Å². The van der Waals surface area contributed by atoms with Crippen LogP contribution in [0.2, 0.25) is 0 Å². The summed E-state index contributed by atoms with van der Waals surface area (Å²) < 4.78 is 0. The molecular formula is C18H23N3. The first kappa shape index (κ1) is 14.1. The molecule has 21 heavy (non-hydrogen) atoms. The molecule has 3 nitrogen and oxygen atoms in total. The summed E-state index contributed by atoms with van der Waals surface area (Å²) in [4.78, 5) is 4.97. The first-order valence-electron chi connectivity index (χ1n) is 7.54. The van der Waals surface area contributed by atoms with Gasteiger partial charge in [0.2, 0.25) is 0 Å². The lowest BCUT2D eigenvalue weighted by atomic mass is 10.0. The number of nitrogens with two attached hydrogens (primary N) is 1. The van der Waals surface area contributed by atoms with Gasteiger partial charge in [0.05, 0.1) is 0 Å². The molecule has 1 saturated heterocycles. The van der Waals surface area contributed by atoms with Gasteiger partial charge in [-0.1, -0.05) is 42.5 Å². The van der Waals surface area contributed by atoms with E-state index >= 15 is 0 Å². The number of benzene rings is 2. The molecule has 1 heterocycles. The second kappa shape index (κ2) is 6.29. The molecule has 3 heteroatoms. The maximum absolute atomic E-state index is 5.90. The molecule has 1 aliphatic rings. The molecule has 3 rings (SSSR count). The summed E-state index contributed by atoms with van der Waals surface area (Å²) in [5.41, 5.74) is 9.44. The molecule has 0 amide bonds. The fourth-order valence-corrected chi connectivity index (χ4v) is 3.06. The van der Waals surface area contributed by atoms with Gasteiger partial charge in [0.1, 0.15) is 0 Å². The van der Waals surface area contributed by atoms with Crippen molar-refractivity contribution in [2.45, 2.75) is 12.6 Å². The van der Waals surface area contributed by atoms with E-state index in [1.807, 2.05) is 12.1 Å². The monoisotopic (exact) mass is 281 g/mol. The lowest BCUT2D eigenvalue weighted by Gasteiger charge is -2.40. The molecule has 0 bridgehead atoms. The van der Waals surface area contributed by atoms with Crippen LogP contribution in [0, 0.1) is 0 Å². The van der Waals surface area contributed by atoms with Crippen molar-refractivity contribution in [2.24, 2.45) is 0 Å². The predicted molar refractivity (Wildman–Crippen MR) is 87.9 cm³/mol. The fraction of sp³-hybridized carbons (Fsp3) is 0.333. The van der Waals surface area contributed by atoms with Gasteiger partial charge in [-0.05, 0) is 30.3 Å². The Morgan fingerprint density at radius 3 is 2.62 bits per heavy atom. The summed E-state index contributed by atoms with van der Waals surface area (Å²) in [6, 6.07) is 19.5. The van der Waals surface area contributed by atoms with Gasteiger partial charge in [-0.15, -0.1) is 0 Å². The zero-order chi connectivity index (χ0) is 14.7. The average Bonchev–Trinajstić information content (AvgIpc) is 2.50. The van der Waals surface area contributed by atoms with Gasteiger partial charge >= 0.3 is 0 Å². The van der Waals surface area contributed by atoms with Crippen LogP contribution in [0.15, 0.2) is 54.6 Å². The summed E-state index contributed by atoms with van der Waals surface area (Å²) in [6.07, 6.45) is 0. The highest BCUT2D eigenvalue weighted by Crippen LogP contribution is 2.26. The van der Waals surface area contributed by atoms with Gasteiger partial charge in [0, 0.05) is 37.9 Å². The first-order valence-corrected chi connectivity index (χ1v) is 7.54. The lowest BCUT2D eigenvalue weighted by Crippen LogP contribution is -2.46. The van der Waals surface area contributed by atoms with E-state index < -0.39 is 0 Å². The lowest BCUT2D eigenvalue weighted by molar-refractivity contribution is 0.0834. The van der Waals surface area contributed by atoms with Crippen LogP contribution in [0.4, 0.5) is 5.69 Å². The second-order valence-corrected chi connectivity index (χ2v) is 5.90. The highest BCUT2D eigenvalue weighted by molar-refractivity contribution is 5.40. The van der Waals surface area contributed by atoms with Crippen molar-refractivity contribution in [1.82, 2.24) is 9.80 Å². The molecule has 1 unspecified atom stereocenters. The largest absolute Gasteiger partial charge is 0.399 e. The molecule has 0 saturated carbocycles. The van der Waals surface area contributed by atoms with Crippen molar-refractivity contribution in [3.63, 3.8) is 0 Å².